The molecule has 0 unspecified atom stereocenters. The molecule has 5 heteroatoms. The fourth-order valence-corrected chi connectivity index (χ4v) is 4.35. The topological polar surface area (TPSA) is 68.2 Å². The van der Waals surface area contributed by atoms with E-state index in [1.165, 1.54) is 4.57 Å². The Hall–Kier alpha value is -3.47. The van der Waals surface area contributed by atoms with Gasteiger partial charge in [-0.2, -0.15) is 0 Å². The fourth-order valence-electron chi connectivity index (χ4n) is 4.35. The van der Waals surface area contributed by atoms with Crippen LogP contribution in [0.1, 0.15) is 63.2 Å². The van der Waals surface area contributed by atoms with Gasteiger partial charge in [0.2, 0.25) is 0 Å². The van der Waals surface area contributed by atoms with Crippen molar-refractivity contribution in [3.8, 4) is 5.69 Å². The molecule has 164 valence electrons. The standard InChI is InChI=1S/C27H28N2O3/c1-16-9-11-19(12-10-16)29-15-21-20(13-27(4,5)14-23(21)30)24(26(29)32)25(31)28-22-8-6-7-17(2)18(22)3/h6-12,15H,13-14H2,1-5H3,(H,28,31). The summed E-state index contributed by atoms with van der Waals surface area (Å²) in [5.74, 6) is -0.523. The number of hydrogen-bond donors (Lipinski definition) is 1. The number of carbonyl (C=O) groups is 2. The molecule has 2 aromatic carbocycles. The number of hydrogen-bond acceptors (Lipinski definition) is 3. The van der Waals surface area contributed by atoms with E-state index < -0.39 is 11.5 Å². The number of anilines is 1. The molecule has 4 rings (SSSR count). The molecule has 0 bridgehead atoms. The lowest BCUT2D eigenvalue weighted by molar-refractivity contribution is 0.0910. The Morgan fingerprint density at radius 2 is 1.66 bits per heavy atom. The fraction of sp³-hybridized carbons (Fsp3) is 0.296. The molecule has 3 aromatic rings. The second-order valence-corrected chi connectivity index (χ2v) is 9.55. The van der Waals surface area contributed by atoms with E-state index in [1.807, 2.05) is 77.1 Å². The Kier molecular flexibility index (Phi) is 5.37. The maximum Gasteiger partial charge on any atom is 0.268 e. The summed E-state index contributed by atoms with van der Waals surface area (Å²) in [6.07, 6.45) is 2.48. The van der Waals surface area contributed by atoms with Crippen LogP contribution in [0.25, 0.3) is 5.69 Å². The number of benzene rings is 2. The molecule has 1 aliphatic rings. The maximum atomic E-state index is 13.6. The third kappa shape index (κ3) is 3.91. The number of nitrogens with one attached hydrogen (secondary N) is 1. The first kappa shape index (κ1) is 21.8. The van der Waals surface area contributed by atoms with Gasteiger partial charge in [-0.15, -0.1) is 0 Å². The number of Topliss-reactive ketones (excluding diaryl/α,β-unsaturated/α-hetero) is 1. The Balaban J connectivity index is 1.92. The molecule has 5 nitrogen and oxygen atoms in total. The third-order valence-corrected chi connectivity index (χ3v) is 6.30. The molecule has 0 saturated carbocycles. The highest BCUT2D eigenvalue weighted by atomic mass is 16.2. The number of carbonyl (C=O) groups excluding carboxylic acids is 2. The van der Waals surface area contributed by atoms with Crippen molar-refractivity contribution in [2.75, 3.05) is 5.32 Å². The Bertz CT molecular complexity index is 1300. The first-order valence-electron chi connectivity index (χ1n) is 10.8. The predicted octanol–water partition coefficient (Wildman–Crippen LogP) is 5.17. The van der Waals surface area contributed by atoms with Crippen LogP contribution in [0.2, 0.25) is 0 Å². The Labute approximate surface area is 188 Å². The maximum absolute atomic E-state index is 13.6. The van der Waals surface area contributed by atoms with Crippen molar-refractivity contribution in [2.24, 2.45) is 5.41 Å². The molecule has 1 heterocycles. The molecule has 0 saturated heterocycles. The van der Waals surface area contributed by atoms with Gasteiger partial charge in [0.1, 0.15) is 5.56 Å². The third-order valence-electron chi connectivity index (χ3n) is 6.30. The highest BCUT2D eigenvalue weighted by molar-refractivity contribution is 6.09. The highest BCUT2D eigenvalue weighted by Crippen LogP contribution is 2.36. The van der Waals surface area contributed by atoms with Crippen LogP contribution in [0.4, 0.5) is 5.69 Å². The van der Waals surface area contributed by atoms with Crippen LogP contribution < -0.4 is 10.9 Å². The van der Waals surface area contributed by atoms with Crippen LogP contribution >= 0.6 is 0 Å². The Morgan fingerprint density at radius 1 is 0.969 bits per heavy atom. The Morgan fingerprint density at radius 3 is 2.34 bits per heavy atom. The molecule has 0 atom stereocenters. The van der Waals surface area contributed by atoms with Crippen LogP contribution in [0, 0.1) is 26.2 Å². The van der Waals surface area contributed by atoms with Crippen molar-refractivity contribution >= 4 is 17.4 Å². The van der Waals surface area contributed by atoms with E-state index in [-0.39, 0.29) is 16.8 Å². The summed E-state index contributed by atoms with van der Waals surface area (Å²) in [6.45, 7) is 9.86. The van der Waals surface area contributed by atoms with E-state index in [0.717, 1.165) is 16.7 Å². The van der Waals surface area contributed by atoms with Gasteiger partial charge < -0.3 is 5.32 Å². The number of rotatable bonds is 3. The van der Waals surface area contributed by atoms with Crippen molar-refractivity contribution in [3.05, 3.63) is 92.4 Å². The van der Waals surface area contributed by atoms with E-state index in [2.05, 4.69) is 5.32 Å². The minimum Gasteiger partial charge on any atom is -0.322 e. The van der Waals surface area contributed by atoms with Crippen molar-refractivity contribution in [3.63, 3.8) is 0 Å². The van der Waals surface area contributed by atoms with Crippen LogP contribution in [-0.4, -0.2) is 16.3 Å². The van der Waals surface area contributed by atoms with E-state index in [9.17, 15) is 14.4 Å². The lowest BCUT2D eigenvalue weighted by atomic mass is 9.73. The largest absolute Gasteiger partial charge is 0.322 e. The summed E-state index contributed by atoms with van der Waals surface area (Å²) in [4.78, 5) is 40.1. The van der Waals surface area contributed by atoms with Gasteiger partial charge in [-0.25, -0.2) is 0 Å². The van der Waals surface area contributed by atoms with Gasteiger partial charge >= 0.3 is 0 Å². The minimum atomic E-state index is -0.480. The first-order valence-corrected chi connectivity index (χ1v) is 10.8. The molecule has 32 heavy (non-hydrogen) atoms. The van der Waals surface area contributed by atoms with Crippen LogP contribution in [0.5, 0.6) is 0 Å². The van der Waals surface area contributed by atoms with Crippen LogP contribution in [-0.2, 0) is 6.42 Å². The van der Waals surface area contributed by atoms with Crippen LogP contribution in [0.15, 0.2) is 53.5 Å². The van der Waals surface area contributed by atoms with Gasteiger partial charge in [-0.05, 0) is 67.5 Å². The van der Waals surface area contributed by atoms with E-state index in [1.54, 1.807) is 6.20 Å². The summed E-state index contributed by atoms with van der Waals surface area (Å²) in [5.41, 5.74) is 4.65. The number of ketones is 1. The quantitative estimate of drug-likeness (QED) is 0.626. The molecule has 1 aliphatic carbocycles. The molecule has 0 spiro atoms. The zero-order valence-electron chi connectivity index (χ0n) is 19.2. The first-order chi connectivity index (χ1) is 15.1. The lowest BCUT2D eigenvalue weighted by Crippen LogP contribution is -2.37. The summed E-state index contributed by atoms with van der Waals surface area (Å²) in [6, 6.07) is 13.1. The van der Waals surface area contributed by atoms with Gasteiger partial charge in [0.05, 0.1) is 0 Å². The summed E-state index contributed by atoms with van der Waals surface area (Å²) < 4.78 is 1.42. The molecule has 1 amide bonds. The van der Waals surface area contributed by atoms with Gasteiger partial charge in [0, 0.05) is 29.6 Å². The number of aromatic nitrogens is 1. The van der Waals surface area contributed by atoms with E-state index in [4.69, 9.17) is 0 Å². The molecule has 0 aliphatic heterocycles. The molecule has 1 aromatic heterocycles. The van der Waals surface area contributed by atoms with Crippen molar-refractivity contribution in [1.29, 1.82) is 0 Å². The average molecular weight is 429 g/mol. The molecular weight excluding hydrogens is 400 g/mol. The average Bonchev–Trinajstić information content (AvgIpc) is 2.71. The number of aryl methyl sites for hydroxylation is 2. The lowest BCUT2D eigenvalue weighted by Gasteiger charge is -2.31. The molecule has 1 N–H and O–H groups in total. The van der Waals surface area contributed by atoms with Gasteiger partial charge in [-0.1, -0.05) is 43.7 Å². The second kappa shape index (κ2) is 7.90. The zero-order chi connectivity index (χ0) is 23.2. The minimum absolute atomic E-state index is 0.0436. The van der Waals surface area contributed by atoms with E-state index in [0.29, 0.717) is 35.3 Å². The number of amides is 1. The van der Waals surface area contributed by atoms with Crippen molar-refractivity contribution in [2.45, 2.75) is 47.5 Å². The highest BCUT2D eigenvalue weighted by Gasteiger charge is 2.36. The molecule has 0 fully saturated rings. The van der Waals surface area contributed by atoms with Crippen molar-refractivity contribution in [1.82, 2.24) is 4.57 Å². The number of nitrogens with zero attached hydrogens (tertiary/aromatic N) is 1. The van der Waals surface area contributed by atoms with E-state index >= 15 is 0 Å². The monoisotopic (exact) mass is 428 g/mol. The zero-order valence-corrected chi connectivity index (χ0v) is 19.2. The number of pyridine rings is 1. The smallest absolute Gasteiger partial charge is 0.268 e. The van der Waals surface area contributed by atoms with Gasteiger partial charge in [0.15, 0.2) is 5.78 Å². The second-order valence-electron chi connectivity index (χ2n) is 9.55. The van der Waals surface area contributed by atoms with Crippen LogP contribution in [0.3, 0.4) is 0 Å². The molecular formula is C27H28N2O3. The molecule has 0 radical (unpaired) electrons. The number of fused-ring (bicyclic) bond motifs is 1. The summed E-state index contributed by atoms with van der Waals surface area (Å²) in [5, 5.41) is 2.92. The SMILES string of the molecule is Cc1ccc(-n2cc3c(c(C(=O)Nc4cccc(C)c4C)c2=O)CC(C)(C)CC3=O)cc1. The predicted molar refractivity (Wildman–Crippen MR) is 127 cm³/mol. The normalized spacial score (nSPS) is 14.7. The van der Waals surface area contributed by atoms with Crippen molar-refractivity contribution < 1.29 is 9.59 Å². The van der Waals surface area contributed by atoms with Gasteiger partial charge in [-0.3, -0.25) is 19.0 Å². The summed E-state index contributed by atoms with van der Waals surface area (Å²) in [7, 11) is 0. The van der Waals surface area contributed by atoms with Gasteiger partial charge in [0.25, 0.3) is 11.5 Å². The summed E-state index contributed by atoms with van der Waals surface area (Å²) >= 11 is 0.